The van der Waals surface area contributed by atoms with E-state index >= 15 is 0 Å². The molecule has 1 aliphatic heterocycles. The number of nitrogens with zero attached hydrogens (tertiary/aromatic N) is 1. The van der Waals surface area contributed by atoms with Crippen LogP contribution in [0.2, 0.25) is 0 Å². The van der Waals surface area contributed by atoms with Gasteiger partial charge in [-0.2, -0.15) is 8.78 Å². The van der Waals surface area contributed by atoms with Crippen molar-refractivity contribution in [1.82, 2.24) is 4.90 Å². The number of hydrogen-bond donors (Lipinski definition) is 1. The predicted molar refractivity (Wildman–Crippen MR) is 94.7 cm³/mol. The summed E-state index contributed by atoms with van der Waals surface area (Å²) in [6.45, 7) is -2.36. The minimum absolute atomic E-state index is 0.0187. The van der Waals surface area contributed by atoms with Crippen molar-refractivity contribution in [3.63, 3.8) is 0 Å². The van der Waals surface area contributed by atoms with Crippen LogP contribution in [0.1, 0.15) is 28.9 Å². The third-order valence-electron chi connectivity index (χ3n) is 4.15. The number of thiophene rings is 1. The fraction of sp³-hybridized carbons (Fsp3) is 0.333. The fourth-order valence-electron chi connectivity index (χ4n) is 2.93. The monoisotopic (exact) mass is 380 g/mol. The fourth-order valence-corrected chi connectivity index (χ4v) is 3.61. The van der Waals surface area contributed by atoms with Gasteiger partial charge in [0.1, 0.15) is 11.8 Å². The highest BCUT2D eigenvalue weighted by molar-refractivity contribution is 7.12. The van der Waals surface area contributed by atoms with Gasteiger partial charge in [-0.1, -0.05) is 6.07 Å². The van der Waals surface area contributed by atoms with Crippen molar-refractivity contribution >= 4 is 28.8 Å². The Labute approximate surface area is 153 Å². The number of likely N-dealkylation sites (tertiary alicyclic amines) is 1. The Morgan fingerprint density at radius 3 is 2.62 bits per heavy atom. The van der Waals surface area contributed by atoms with Crippen molar-refractivity contribution in [3.05, 3.63) is 46.7 Å². The van der Waals surface area contributed by atoms with Crippen LogP contribution >= 0.6 is 11.3 Å². The van der Waals surface area contributed by atoms with Gasteiger partial charge in [0.05, 0.1) is 4.88 Å². The Kier molecular flexibility index (Phi) is 5.82. The highest BCUT2D eigenvalue weighted by atomic mass is 32.1. The Bertz CT molecular complexity index is 750. The summed E-state index contributed by atoms with van der Waals surface area (Å²) in [7, 11) is 0. The van der Waals surface area contributed by atoms with Crippen molar-refractivity contribution in [1.29, 1.82) is 0 Å². The van der Waals surface area contributed by atoms with Crippen LogP contribution in [0.3, 0.4) is 0 Å². The third kappa shape index (κ3) is 4.37. The number of halogens is 2. The van der Waals surface area contributed by atoms with E-state index in [1.807, 2.05) is 5.38 Å². The lowest BCUT2D eigenvalue weighted by Gasteiger charge is -2.34. The van der Waals surface area contributed by atoms with E-state index < -0.39 is 12.7 Å². The van der Waals surface area contributed by atoms with E-state index in [-0.39, 0.29) is 17.6 Å². The SMILES string of the molecule is O=C(Nc1ccc(OC(F)F)cc1)[C@H]1CCCCN1C(=O)c1cccs1. The molecular formula is C18H18F2N2O3S. The van der Waals surface area contributed by atoms with E-state index in [2.05, 4.69) is 10.1 Å². The lowest BCUT2D eigenvalue weighted by Crippen LogP contribution is -2.49. The van der Waals surface area contributed by atoms with E-state index in [1.54, 1.807) is 17.0 Å². The molecule has 0 bridgehead atoms. The van der Waals surface area contributed by atoms with Gasteiger partial charge >= 0.3 is 6.61 Å². The lowest BCUT2D eigenvalue weighted by molar-refractivity contribution is -0.121. The first-order valence-corrected chi connectivity index (χ1v) is 9.13. The number of hydrogen-bond acceptors (Lipinski definition) is 4. The van der Waals surface area contributed by atoms with Crippen LogP contribution in [0, 0.1) is 0 Å². The van der Waals surface area contributed by atoms with Gasteiger partial charge in [-0.15, -0.1) is 11.3 Å². The van der Waals surface area contributed by atoms with Gasteiger partial charge in [-0.3, -0.25) is 9.59 Å². The average molecular weight is 380 g/mol. The number of benzene rings is 1. The highest BCUT2D eigenvalue weighted by Gasteiger charge is 2.33. The number of piperidine rings is 1. The first-order chi connectivity index (χ1) is 12.5. The molecule has 1 fully saturated rings. The van der Waals surface area contributed by atoms with Gasteiger partial charge < -0.3 is 15.0 Å². The lowest BCUT2D eigenvalue weighted by atomic mass is 10.0. The van der Waals surface area contributed by atoms with Crippen LogP contribution in [0.4, 0.5) is 14.5 Å². The molecule has 3 rings (SSSR count). The van der Waals surface area contributed by atoms with Crippen LogP contribution in [0.25, 0.3) is 0 Å². The Morgan fingerprint density at radius 1 is 1.19 bits per heavy atom. The van der Waals surface area contributed by atoms with E-state index in [1.165, 1.54) is 35.6 Å². The molecule has 1 aliphatic rings. The number of anilines is 1. The van der Waals surface area contributed by atoms with Crippen LogP contribution in [0.5, 0.6) is 5.75 Å². The molecular weight excluding hydrogens is 362 g/mol. The number of carbonyl (C=O) groups is 2. The quantitative estimate of drug-likeness (QED) is 0.854. The van der Waals surface area contributed by atoms with Crippen molar-refractivity contribution in [3.8, 4) is 5.75 Å². The molecule has 1 saturated heterocycles. The van der Waals surface area contributed by atoms with Gasteiger partial charge in [0, 0.05) is 12.2 Å². The van der Waals surface area contributed by atoms with E-state index in [0.717, 1.165) is 12.8 Å². The zero-order valence-electron chi connectivity index (χ0n) is 13.9. The third-order valence-corrected chi connectivity index (χ3v) is 5.00. The van der Waals surface area contributed by atoms with Gasteiger partial charge in [0.25, 0.3) is 5.91 Å². The number of carbonyl (C=O) groups excluding carboxylic acids is 2. The van der Waals surface area contributed by atoms with Crippen LogP contribution in [-0.4, -0.2) is 35.9 Å². The second-order valence-corrected chi connectivity index (χ2v) is 6.83. The molecule has 8 heteroatoms. The molecule has 2 heterocycles. The minimum Gasteiger partial charge on any atom is -0.435 e. The maximum atomic E-state index is 12.7. The molecule has 2 aromatic rings. The number of amides is 2. The summed E-state index contributed by atoms with van der Waals surface area (Å²) in [6, 6.07) is 8.70. The van der Waals surface area contributed by atoms with E-state index in [9.17, 15) is 18.4 Å². The molecule has 5 nitrogen and oxygen atoms in total. The number of alkyl halides is 2. The van der Waals surface area contributed by atoms with Gasteiger partial charge in [-0.25, -0.2) is 0 Å². The molecule has 0 aliphatic carbocycles. The van der Waals surface area contributed by atoms with Crippen molar-refractivity contribution < 1.29 is 23.1 Å². The maximum absolute atomic E-state index is 12.7. The molecule has 0 radical (unpaired) electrons. The van der Waals surface area contributed by atoms with Crippen molar-refractivity contribution in [2.75, 3.05) is 11.9 Å². The molecule has 138 valence electrons. The Morgan fingerprint density at radius 2 is 1.96 bits per heavy atom. The topological polar surface area (TPSA) is 58.6 Å². The molecule has 1 aromatic heterocycles. The molecule has 26 heavy (non-hydrogen) atoms. The summed E-state index contributed by atoms with van der Waals surface area (Å²) in [5, 5.41) is 4.58. The molecule has 0 spiro atoms. The van der Waals surface area contributed by atoms with E-state index in [4.69, 9.17) is 0 Å². The highest BCUT2D eigenvalue weighted by Crippen LogP contribution is 2.24. The number of nitrogens with one attached hydrogen (secondary N) is 1. The molecule has 1 N–H and O–H groups in total. The predicted octanol–water partition coefficient (Wildman–Crippen LogP) is 3.98. The second kappa shape index (κ2) is 8.27. The Hall–Kier alpha value is -2.48. The van der Waals surface area contributed by atoms with Crippen LogP contribution in [-0.2, 0) is 4.79 Å². The van der Waals surface area contributed by atoms with Crippen molar-refractivity contribution in [2.45, 2.75) is 31.9 Å². The summed E-state index contributed by atoms with van der Waals surface area (Å²) < 4.78 is 28.6. The average Bonchev–Trinajstić information content (AvgIpc) is 3.17. The zero-order chi connectivity index (χ0) is 18.5. The number of rotatable bonds is 5. The standard InChI is InChI=1S/C18H18F2N2O3S/c19-18(20)25-13-8-6-12(7-9-13)21-16(23)14-4-1-2-10-22(14)17(24)15-5-3-11-26-15/h3,5-9,11,14,18H,1-2,4,10H2,(H,21,23)/t14-/m1/s1. The smallest absolute Gasteiger partial charge is 0.387 e. The zero-order valence-corrected chi connectivity index (χ0v) is 14.7. The van der Waals surface area contributed by atoms with Crippen LogP contribution < -0.4 is 10.1 Å². The van der Waals surface area contributed by atoms with Gasteiger partial charge in [0.2, 0.25) is 5.91 Å². The normalized spacial score (nSPS) is 17.2. The first kappa shape index (κ1) is 18.3. The molecule has 0 unspecified atom stereocenters. The van der Waals surface area contributed by atoms with E-state index in [0.29, 0.717) is 23.5 Å². The molecule has 1 aromatic carbocycles. The van der Waals surface area contributed by atoms with Gasteiger partial charge in [-0.05, 0) is 55.0 Å². The molecule has 2 amide bonds. The summed E-state index contributed by atoms with van der Waals surface area (Å²) >= 11 is 1.35. The minimum atomic E-state index is -2.89. The number of ether oxygens (including phenoxy) is 1. The summed E-state index contributed by atoms with van der Waals surface area (Å²) in [4.78, 5) is 27.5. The second-order valence-electron chi connectivity index (χ2n) is 5.88. The largest absolute Gasteiger partial charge is 0.435 e. The first-order valence-electron chi connectivity index (χ1n) is 8.25. The van der Waals surface area contributed by atoms with Crippen LogP contribution in [0.15, 0.2) is 41.8 Å². The van der Waals surface area contributed by atoms with Crippen molar-refractivity contribution in [2.24, 2.45) is 0 Å². The molecule has 0 saturated carbocycles. The molecule has 1 atom stereocenters. The Balaban J connectivity index is 1.67. The maximum Gasteiger partial charge on any atom is 0.387 e. The van der Waals surface area contributed by atoms with Gasteiger partial charge in [0.15, 0.2) is 0 Å². The summed E-state index contributed by atoms with van der Waals surface area (Å²) in [5.74, 6) is -0.400. The summed E-state index contributed by atoms with van der Waals surface area (Å²) in [5.41, 5.74) is 0.464. The summed E-state index contributed by atoms with van der Waals surface area (Å²) in [6.07, 6.45) is 2.32.